The van der Waals surface area contributed by atoms with Crippen LogP contribution < -0.4 is 10.5 Å². The topological polar surface area (TPSA) is 72.6 Å². The molecule has 0 saturated heterocycles. The molecule has 1 aromatic carbocycles. The maximum Gasteiger partial charge on any atom is 0.217 e. The van der Waals surface area contributed by atoms with Gasteiger partial charge in [0.05, 0.1) is 11.4 Å². The van der Waals surface area contributed by atoms with E-state index < -0.39 is 10.0 Å². The van der Waals surface area contributed by atoms with Crippen LogP contribution in [0, 0.1) is 0 Å². The van der Waals surface area contributed by atoms with Crippen molar-refractivity contribution in [3.8, 4) is 5.75 Å². The number of benzene rings is 1. The van der Waals surface area contributed by atoms with Gasteiger partial charge in [-0.05, 0) is 18.6 Å². The molecule has 0 radical (unpaired) electrons. The van der Waals surface area contributed by atoms with Crippen LogP contribution in [0.5, 0.6) is 5.75 Å². The molecular weight excluding hydrogens is 264 g/mol. The van der Waals surface area contributed by atoms with E-state index in [2.05, 4.69) is 0 Å². The molecule has 6 heteroatoms. The largest absolute Gasteiger partial charge is 0.490 e. The van der Waals surface area contributed by atoms with Gasteiger partial charge >= 0.3 is 0 Å². The molecule has 0 atom stereocenters. The Balaban J connectivity index is 1.88. The second-order valence-corrected chi connectivity index (χ2v) is 6.41. The second kappa shape index (κ2) is 6.08. The molecule has 0 spiro atoms. The van der Waals surface area contributed by atoms with Crippen LogP contribution in [-0.4, -0.2) is 38.2 Å². The lowest BCUT2D eigenvalue weighted by atomic mass is 10.3. The summed E-state index contributed by atoms with van der Waals surface area (Å²) in [5.41, 5.74) is 6.23. The zero-order valence-electron chi connectivity index (χ0n) is 10.7. The molecule has 1 aliphatic heterocycles. The van der Waals surface area contributed by atoms with Crippen molar-refractivity contribution in [2.24, 2.45) is 0 Å². The molecule has 0 unspecified atom stereocenters. The minimum atomic E-state index is -3.25. The monoisotopic (exact) mass is 282 g/mol. The van der Waals surface area contributed by atoms with Gasteiger partial charge in [0, 0.05) is 13.1 Å². The predicted octanol–water partition coefficient (Wildman–Crippen LogP) is 1.24. The number of anilines is 1. The van der Waals surface area contributed by atoms with Crippen LogP contribution in [0.3, 0.4) is 0 Å². The Labute approximate surface area is 113 Å². The quantitative estimate of drug-likeness (QED) is 0.651. The second-order valence-electron chi connectivity index (χ2n) is 4.32. The Hall–Kier alpha value is -1.53. The highest BCUT2D eigenvalue weighted by Crippen LogP contribution is 2.19. The summed E-state index contributed by atoms with van der Waals surface area (Å²) in [6.45, 7) is 1.11. The molecule has 19 heavy (non-hydrogen) atoms. The summed E-state index contributed by atoms with van der Waals surface area (Å²) < 4.78 is 31.0. The standard InChI is InChI=1S/C13H18N2O3S/c14-12-6-2-3-7-13(12)18-10-11-19(16,17)15-8-4-1-5-9-15/h1-4,6-7H,5,8-11,14H2. The third kappa shape index (κ3) is 3.71. The fourth-order valence-electron chi connectivity index (χ4n) is 1.87. The molecule has 0 aromatic heterocycles. The SMILES string of the molecule is Nc1ccccc1OCCS(=O)(=O)N1CC=CCC1. The summed E-state index contributed by atoms with van der Waals surface area (Å²) in [7, 11) is -3.25. The van der Waals surface area contributed by atoms with Crippen molar-refractivity contribution in [2.75, 3.05) is 31.2 Å². The number of nitrogen functional groups attached to an aromatic ring is 1. The maximum atomic E-state index is 12.0. The Bertz CT molecular complexity index is 555. The van der Waals surface area contributed by atoms with Crippen molar-refractivity contribution < 1.29 is 13.2 Å². The van der Waals surface area contributed by atoms with E-state index in [0.717, 1.165) is 6.42 Å². The minimum Gasteiger partial charge on any atom is -0.490 e. The summed E-state index contributed by atoms with van der Waals surface area (Å²) in [6, 6.07) is 7.06. The van der Waals surface area contributed by atoms with Gasteiger partial charge in [-0.25, -0.2) is 8.42 Å². The van der Waals surface area contributed by atoms with Gasteiger partial charge in [0.1, 0.15) is 12.4 Å². The Morgan fingerprint density at radius 2 is 2.05 bits per heavy atom. The molecule has 0 aliphatic carbocycles. The number of hydrogen-bond acceptors (Lipinski definition) is 4. The Morgan fingerprint density at radius 3 is 2.74 bits per heavy atom. The Morgan fingerprint density at radius 1 is 1.26 bits per heavy atom. The molecule has 0 saturated carbocycles. The third-order valence-electron chi connectivity index (χ3n) is 2.93. The number of nitrogens with zero attached hydrogens (tertiary/aromatic N) is 1. The summed E-state index contributed by atoms with van der Waals surface area (Å²) >= 11 is 0. The average Bonchev–Trinajstić information content (AvgIpc) is 2.42. The van der Waals surface area contributed by atoms with E-state index >= 15 is 0 Å². The van der Waals surface area contributed by atoms with Crippen molar-refractivity contribution in [3.05, 3.63) is 36.4 Å². The molecule has 2 N–H and O–H groups in total. The highest BCUT2D eigenvalue weighted by atomic mass is 32.2. The molecular formula is C13H18N2O3S. The van der Waals surface area contributed by atoms with Crippen LogP contribution in [-0.2, 0) is 10.0 Å². The van der Waals surface area contributed by atoms with Crippen LogP contribution in [0.1, 0.15) is 6.42 Å². The Kier molecular flexibility index (Phi) is 4.44. The number of ether oxygens (including phenoxy) is 1. The lowest BCUT2D eigenvalue weighted by Gasteiger charge is -2.22. The first-order chi connectivity index (χ1) is 9.09. The van der Waals surface area contributed by atoms with Gasteiger partial charge in [-0.15, -0.1) is 0 Å². The van der Waals surface area contributed by atoms with Gasteiger partial charge in [0.15, 0.2) is 0 Å². The first kappa shape index (κ1) is 13.9. The zero-order valence-corrected chi connectivity index (χ0v) is 11.5. The first-order valence-corrected chi connectivity index (χ1v) is 7.80. The van der Waals surface area contributed by atoms with E-state index in [9.17, 15) is 8.42 Å². The van der Waals surface area contributed by atoms with E-state index in [-0.39, 0.29) is 12.4 Å². The molecule has 1 heterocycles. The van der Waals surface area contributed by atoms with Crippen LogP contribution in [0.4, 0.5) is 5.69 Å². The minimum absolute atomic E-state index is 0.0326. The number of hydrogen-bond donors (Lipinski definition) is 1. The normalized spacial score (nSPS) is 16.4. The van der Waals surface area contributed by atoms with E-state index in [0.29, 0.717) is 24.5 Å². The fraction of sp³-hybridized carbons (Fsp3) is 0.385. The van der Waals surface area contributed by atoms with Gasteiger partial charge in [-0.1, -0.05) is 24.3 Å². The predicted molar refractivity (Wildman–Crippen MR) is 75.5 cm³/mol. The fourth-order valence-corrected chi connectivity index (χ4v) is 3.12. The lowest BCUT2D eigenvalue weighted by Crippen LogP contribution is -2.36. The van der Waals surface area contributed by atoms with Gasteiger partial charge in [-0.2, -0.15) is 4.31 Å². The van der Waals surface area contributed by atoms with Gasteiger partial charge < -0.3 is 10.5 Å². The lowest BCUT2D eigenvalue weighted by molar-refractivity contribution is 0.337. The van der Waals surface area contributed by atoms with E-state index in [4.69, 9.17) is 10.5 Å². The van der Waals surface area contributed by atoms with Crippen molar-refractivity contribution >= 4 is 15.7 Å². The van der Waals surface area contributed by atoms with Crippen LogP contribution in [0.25, 0.3) is 0 Å². The number of nitrogens with two attached hydrogens (primary N) is 1. The van der Waals surface area contributed by atoms with Crippen LogP contribution in [0.15, 0.2) is 36.4 Å². The smallest absolute Gasteiger partial charge is 0.217 e. The summed E-state index contributed by atoms with van der Waals surface area (Å²) in [6.07, 6.45) is 4.63. The number of para-hydroxylation sites is 2. The molecule has 0 amide bonds. The summed E-state index contributed by atoms with van der Waals surface area (Å²) in [5, 5.41) is 0. The van der Waals surface area contributed by atoms with Crippen molar-refractivity contribution in [1.29, 1.82) is 0 Å². The number of rotatable bonds is 5. The van der Waals surface area contributed by atoms with Gasteiger partial charge in [-0.3, -0.25) is 0 Å². The summed E-state index contributed by atoms with van der Waals surface area (Å²) in [4.78, 5) is 0. The van der Waals surface area contributed by atoms with Crippen molar-refractivity contribution in [2.45, 2.75) is 6.42 Å². The summed E-state index contributed by atoms with van der Waals surface area (Å²) in [5.74, 6) is 0.492. The highest BCUT2D eigenvalue weighted by molar-refractivity contribution is 7.89. The molecule has 1 aromatic rings. The molecule has 5 nitrogen and oxygen atoms in total. The van der Waals surface area contributed by atoms with Crippen LogP contribution in [0.2, 0.25) is 0 Å². The van der Waals surface area contributed by atoms with E-state index in [1.54, 1.807) is 24.3 Å². The zero-order chi connectivity index (χ0) is 13.7. The molecule has 1 aliphatic rings. The highest BCUT2D eigenvalue weighted by Gasteiger charge is 2.21. The van der Waals surface area contributed by atoms with Crippen molar-refractivity contribution in [3.63, 3.8) is 0 Å². The molecule has 104 valence electrons. The third-order valence-corrected chi connectivity index (χ3v) is 4.73. The molecule has 0 fully saturated rings. The molecule has 2 rings (SSSR count). The van der Waals surface area contributed by atoms with Gasteiger partial charge in [0.25, 0.3) is 0 Å². The average molecular weight is 282 g/mol. The first-order valence-electron chi connectivity index (χ1n) is 6.20. The van der Waals surface area contributed by atoms with E-state index in [1.807, 2.05) is 12.2 Å². The number of sulfonamides is 1. The van der Waals surface area contributed by atoms with Crippen LogP contribution >= 0.6 is 0 Å². The van der Waals surface area contributed by atoms with E-state index in [1.165, 1.54) is 4.31 Å². The van der Waals surface area contributed by atoms with Gasteiger partial charge in [0.2, 0.25) is 10.0 Å². The van der Waals surface area contributed by atoms with Crippen molar-refractivity contribution in [1.82, 2.24) is 4.31 Å². The molecule has 0 bridgehead atoms. The maximum absolute atomic E-state index is 12.0.